The molecule has 0 spiro atoms. The maximum Gasteiger partial charge on any atom is 0.228 e. The Kier molecular flexibility index (Phi) is 4.45. The van der Waals surface area contributed by atoms with E-state index in [-0.39, 0.29) is 11.8 Å². The predicted octanol–water partition coefficient (Wildman–Crippen LogP) is 0.0219. The molecule has 2 fully saturated rings. The monoisotopic (exact) mass is 290 g/mol. The average molecular weight is 290 g/mol. The van der Waals surface area contributed by atoms with Gasteiger partial charge in [0.05, 0.1) is 30.5 Å². The second-order valence-electron chi connectivity index (χ2n) is 5.93. The number of hydrogen-bond donors (Lipinski definition) is 1. The standard InChI is InChI=1S/C15H22N4O2/c1-11-5-18-14(8-17-11)4-12-9-19(2-3-21-10-12)15(20)13-6-16-7-13/h5,8,12-13,16H,2-4,6-7,9-10H2,1H3/t12-/m0/s1. The van der Waals surface area contributed by atoms with Crippen LogP contribution in [0.1, 0.15) is 11.4 Å². The molecule has 114 valence electrons. The second-order valence-corrected chi connectivity index (χ2v) is 5.93. The third kappa shape index (κ3) is 3.57. The van der Waals surface area contributed by atoms with Crippen LogP contribution in [-0.2, 0) is 16.0 Å². The van der Waals surface area contributed by atoms with E-state index in [1.807, 2.05) is 18.0 Å². The number of carbonyl (C=O) groups is 1. The lowest BCUT2D eigenvalue weighted by Crippen LogP contribution is -2.53. The highest BCUT2D eigenvalue weighted by atomic mass is 16.5. The SMILES string of the molecule is Cc1cnc(C[C@@H]2COCCN(C(=O)C3CNC3)C2)cn1. The van der Waals surface area contributed by atoms with Gasteiger partial charge in [-0.15, -0.1) is 0 Å². The summed E-state index contributed by atoms with van der Waals surface area (Å²) in [5.74, 6) is 0.712. The Balaban J connectivity index is 1.61. The van der Waals surface area contributed by atoms with Gasteiger partial charge in [-0.3, -0.25) is 14.8 Å². The van der Waals surface area contributed by atoms with Gasteiger partial charge in [-0.2, -0.15) is 0 Å². The fraction of sp³-hybridized carbons (Fsp3) is 0.667. The van der Waals surface area contributed by atoms with Gasteiger partial charge in [0.2, 0.25) is 5.91 Å². The summed E-state index contributed by atoms with van der Waals surface area (Å²) in [7, 11) is 0. The molecule has 0 aromatic carbocycles. The Bertz CT molecular complexity index is 487. The second kappa shape index (κ2) is 6.49. The molecule has 21 heavy (non-hydrogen) atoms. The highest BCUT2D eigenvalue weighted by Gasteiger charge is 2.31. The maximum atomic E-state index is 12.4. The Hall–Kier alpha value is -1.53. The highest BCUT2D eigenvalue weighted by molar-refractivity contribution is 5.80. The molecule has 1 atom stereocenters. The fourth-order valence-electron chi connectivity index (χ4n) is 2.75. The van der Waals surface area contributed by atoms with Crippen molar-refractivity contribution in [3.63, 3.8) is 0 Å². The highest BCUT2D eigenvalue weighted by Crippen LogP contribution is 2.16. The van der Waals surface area contributed by atoms with E-state index >= 15 is 0 Å². The summed E-state index contributed by atoms with van der Waals surface area (Å²) in [6, 6.07) is 0. The number of nitrogens with zero attached hydrogens (tertiary/aromatic N) is 3. The van der Waals surface area contributed by atoms with Crippen molar-refractivity contribution in [1.82, 2.24) is 20.2 Å². The molecule has 0 saturated carbocycles. The number of ether oxygens (including phenoxy) is 1. The minimum Gasteiger partial charge on any atom is -0.379 e. The van der Waals surface area contributed by atoms with Crippen LogP contribution in [0.5, 0.6) is 0 Å². The molecule has 1 N–H and O–H groups in total. The van der Waals surface area contributed by atoms with Crippen LogP contribution in [0, 0.1) is 18.8 Å². The van der Waals surface area contributed by atoms with E-state index in [0.717, 1.165) is 37.4 Å². The largest absolute Gasteiger partial charge is 0.379 e. The number of amides is 1. The Morgan fingerprint density at radius 1 is 1.43 bits per heavy atom. The number of nitrogens with one attached hydrogen (secondary N) is 1. The quantitative estimate of drug-likeness (QED) is 0.850. The van der Waals surface area contributed by atoms with Gasteiger partial charge >= 0.3 is 0 Å². The van der Waals surface area contributed by atoms with Crippen LogP contribution < -0.4 is 5.32 Å². The van der Waals surface area contributed by atoms with Crippen LogP contribution in [0.15, 0.2) is 12.4 Å². The van der Waals surface area contributed by atoms with Gasteiger partial charge in [-0.1, -0.05) is 0 Å². The molecule has 6 nitrogen and oxygen atoms in total. The molecular weight excluding hydrogens is 268 g/mol. The third-order valence-electron chi connectivity index (χ3n) is 4.11. The first-order valence-electron chi connectivity index (χ1n) is 7.57. The predicted molar refractivity (Wildman–Crippen MR) is 77.7 cm³/mol. The molecule has 1 aromatic rings. The van der Waals surface area contributed by atoms with Gasteiger partial charge in [0.15, 0.2) is 0 Å². The molecule has 1 amide bonds. The molecule has 0 unspecified atom stereocenters. The molecule has 3 heterocycles. The lowest BCUT2D eigenvalue weighted by atomic mass is 9.99. The Morgan fingerprint density at radius 3 is 2.95 bits per heavy atom. The van der Waals surface area contributed by atoms with Crippen molar-refractivity contribution in [3.05, 3.63) is 23.8 Å². The molecule has 2 saturated heterocycles. The zero-order chi connectivity index (χ0) is 14.7. The average Bonchev–Trinajstić information content (AvgIpc) is 2.65. The summed E-state index contributed by atoms with van der Waals surface area (Å²) >= 11 is 0. The topological polar surface area (TPSA) is 67.3 Å². The molecular formula is C15H22N4O2. The van der Waals surface area contributed by atoms with E-state index in [1.165, 1.54) is 0 Å². The number of aryl methyl sites for hydroxylation is 1. The molecule has 1 aromatic heterocycles. The lowest BCUT2D eigenvalue weighted by molar-refractivity contribution is -0.137. The van der Waals surface area contributed by atoms with Gasteiger partial charge in [0, 0.05) is 44.5 Å². The summed E-state index contributed by atoms with van der Waals surface area (Å²) in [4.78, 5) is 23.0. The Morgan fingerprint density at radius 2 is 2.29 bits per heavy atom. The lowest BCUT2D eigenvalue weighted by Gasteiger charge is -2.32. The Labute approximate surface area is 124 Å². The molecule has 3 rings (SSSR count). The maximum absolute atomic E-state index is 12.4. The minimum absolute atomic E-state index is 0.155. The van der Waals surface area contributed by atoms with Crippen LogP contribution >= 0.6 is 0 Å². The van der Waals surface area contributed by atoms with Crippen molar-refractivity contribution < 1.29 is 9.53 Å². The first-order valence-corrected chi connectivity index (χ1v) is 7.57. The zero-order valence-corrected chi connectivity index (χ0v) is 12.4. The van der Waals surface area contributed by atoms with Crippen LogP contribution in [-0.4, -0.2) is 60.2 Å². The van der Waals surface area contributed by atoms with E-state index in [0.29, 0.717) is 25.7 Å². The van der Waals surface area contributed by atoms with Crippen molar-refractivity contribution in [2.45, 2.75) is 13.3 Å². The van der Waals surface area contributed by atoms with E-state index < -0.39 is 0 Å². The zero-order valence-electron chi connectivity index (χ0n) is 12.4. The number of hydrogen-bond acceptors (Lipinski definition) is 5. The van der Waals surface area contributed by atoms with E-state index in [2.05, 4.69) is 15.3 Å². The first-order chi connectivity index (χ1) is 10.2. The first kappa shape index (κ1) is 14.4. The van der Waals surface area contributed by atoms with E-state index in [9.17, 15) is 4.79 Å². The summed E-state index contributed by atoms with van der Waals surface area (Å²) < 4.78 is 5.66. The molecule has 2 aliphatic rings. The van der Waals surface area contributed by atoms with Gasteiger partial charge in [0.1, 0.15) is 0 Å². The molecule has 0 radical (unpaired) electrons. The third-order valence-corrected chi connectivity index (χ3v) is 4.11. The molecule has 6 heteroatoms. The fourth-order valence-corrected chi connectivity index (χ4v) is 2.75. The van der Waals surface area contributed by atoms with Crippen molar-refractivity contribution in [3.8, 4) is 0 Å². The van der Waals surface area contributed by atoms with E-state index in [4.69, 9.17) is 4.74 Å². The molecule has 2 aliphatic heterocycles. The van der Waals surface area contributed by atoms with Crippen LogP contribution in [0.25, 0.3) is 0 Å². The number of rotatable bonds is 3. The smallest absolute Gasteiger partial charge is 0.228 e. The molecule has 0 aliphatic carbocycles. The normalized spacial score (nSPS) is 23.5. The van der Waals surface area contributed by atoms with Gasteiger partial charge in [-0.05, 0) is 13.3 Å². The summed E-state index contributed by atoms with van der Waals surface area (Å²) in [6.45, 7) is 6.31. The summed E-state index contributed by atoms with van der Waals surface area (Å²) in [6.07, 6.45) is 4.41. The molecule has 0 bridgehead atoms. The summed E-state index contributed by atoms with van der Waals surface area (Å²) in [5.41, 5.74) is 1.89. The van der Waals surface area contributed by atoms with Crippen molar-refractivity contribution in [2.24, 2.45) is 11.8 Å². The van der Waals surface area contributed by atoms with Crippen molar-refractivity contribution in [2.75, 3.05) is 39.4 Å². The van der Waals surface area contributed by atoms with Crippen LogP contribution in [0.3, 0.4) is 0 Å². The van der Waals surface area contributed by atoms with Crippen molar-refractivity contribution >= 4 is 5.91 Å². The minimum atomic E-state index is 0.155. The van der Waals surface area contributed by atoms with Gasteiger partial charge < -0.3 is 15.0 Å². The van der Waals surface area contributed by atoms with Gasteiger partial charge in [-0.25, -0.2) is 0 Å². The van der Waals surface area contributed by atoms with Crippen molar-refractivity contribution in [1.29, 1.82) is 0 Å². The number of carbonyl (C=O) groups excluding carboxylic acids is 1. The number of aromatic nitrogens is 2. The van der Waals surface area contributed by atoms with Gasteiger partial charge in [0.25, 0.3) is 0 Å². The summed E-state index contributed by atoms with van der Waals surface area (Å²) in [5, 5.41) is 3.16. The van der Waals surface area contributed by atoms with Crippen LogP contribution in [0.4, 0.5) is 0 Å². The van der Waals surface area contributed by atoms with E-state index in [1.54, 1.807) is 6.20 Å². The van der Waals surface area contributed by atoms with Crippen LogP contribution in [0.2, 0.25) is 0 Å².